The van der Waals surface area contributed by atoms with Crippen LogP contribution in [-0.4, -0.2) is 69.6 Å². The lowest BCUT2D eigenvalue weighted by atomic mass is 9.48. The van der Waals surface area contributed by atoms with Gasteiger partial charge in [0.1, 0.15) is 22.5 Å². The molecule has 234 valence electrons. The van der Waals surface area contributed by atoms with Gasteiger partial charge in [0.2, 0.25) is 0 Å². The van der Waals surface area contributed by atoms with Gasteiger partial charge in [0.05, 0.1) is 36.9 Å². The summed E-state index contributed by atoms with van der Waals surface area (Å²) in [6.45, 7) is 9.18. The zero-order chi connectivity index (χ0) is 30.6. The molecule has 1 fully saturated rings. The number of aliphatic hydroxyl groups excluding tert-OH is 2. The topological polar surface area (TPSA) is 135 Å². The third-order valence-corrected chi connectivity index (χ3v) is 10.8. The van der Waals surface area contributed by atoms with Crippen molar-refractivity contribution in [2.24, 2.45) is 17.3 Å². The second-order valence-corrected chi connectivity index (χ2v) is 13.8. The van der Waals surface area contributed by atoms with Crippen LogP contribution >= 0.6 is 0 Å². The molecule has 1 aromatic carbocycles. The van der Waals surface area contributed by atoms with Gasteiger partial charge in [-0.3, -0.25) is 4.89 Å². The maximum Gasteiger partial charge on any atom is 0.377 e. The Morgan fingerprint density at radius 2 is 1.88 bits per heavy atom. The van der Waals surface area contributed by atoms with Crippen molar-refractivity contribution < 1.29 is 44.5 Å². The number of benzene rings is 1. The first kappa shape index (κ1) is 31.4. The van der Waals surface area contributed by atoms with Gasteiger partial charge in [-0.25, -0.2) is 4.79 Å². The van der Waals surface area contributed by atoms with Crippen LogP contribution in [0.5, 0.6) is 5.75 Å². The zero-order valence-electron chi connectivity index (χ0n) is 25.8. The van der Waals surface area contributed by atoms with Gasteiger partial charge in [0.25, 0.3) is 0 Å². The van der Waals surface area contributed by atoms with Crippen LogP contribution in [0.1, 0.15) is 106 Å². The van der Waals surface area contributed by atoms with Crippen molar-refractivity contribution in [2.75, 3.05) is 13.7 Å². The van der Waals surface area contributed by atoms with Gasteiger partial charge in [-0.15, -0.1) is 0 Å². The third kappa shape index (κ3) is 4.90. The molecule has 5 rings (SSSR count). The first-order valence-corrected chi connectivity index (χ1v) is 15.5. The van der Waals surface area contributed by atoms with Gasteiger partial charge >= 0.3 is 5.97 Å². The highest BCUT2D eigenvalue weighted by molar-refractivity contribution is 5.94. The summed E-state index contributed by atoms with van der Waals surface area (Å²) in [4.78, 5) is 24.8. The van der Waals surface area contributed by atoms with E-state index >= 15 is 0 Å². The van der Waals surface area contributed by atoms with Crippen LogP contribution in [0.3, 0.4) is 0 Å². The van der Waals surface area contributed by atoms with E-state index in [9.17, 15) is 25.2 Å². The van der Waals surface area contributed by atoms with Crippen molar-refractivity contribution in [1.82, 2.24) is 0 Å². The fraction of sp³-hybridized carbons (Fsp3) is 0.727. The Morgan fingerprint density at radius 3 is 2.52 bits per heavy atom. The van der Waals surface area contributed by atoms with E-state index in [0.29, 0.717) is 24.0 Å². The number of unbranched alkanes of at least 4 members (excludes halogenated alkanes) is 3. The molecule has 2 bridgehead atoms. The fourth-order valence-corrected chi connectivity index (χ4v) is 8.36. The highest BCUT2D eigenvalue weighted by atomic mass is 17.2. The summed E-state index contributed by atoms with van der Waals surface area (Å²) in [5.41, 5.74) is -0.782. The number of carbonyl (C=O) groups is 1. The van der Waals surface area contributed by atoms with Crippen molar-refractivity contribution >= 4 is 5.97 Å². The normalized spacial score (nSPS) is 37.3. The van der Waals surface area contributed by atoms with Crippen LogP contribution < -0.4 is 0 Å². The highest BCUT2D eigenvalue weighted by Gasteiger charge is 2.66. The molecular formula is C33H48O9. The number of fused-ring (bicyclic) bond motifs is 4. The lowest BCUT2D eigenvalue weighted by Crippen LogP contribution is -2.69. The van der Waals surface area contributed by atoms with Crippen LogP contribution in [0.2, 0.25) is 0 Å². The van der Waals surface area contributed by atoms with E-state index < -0.39 is 52.7 Å². The van der Waals surface area contributed by atoms with Crippen LogP contribution in [0.15, 0.2) is 17.7 Å². The zero-order valence-corrected chi connectivity index (χ0v) is 25.8. The molecule has 2 aliphatic carbocycles. The summed E-state index contributed by atoms with van der Waals surface area (Å²) in [6, 6.07) is 1.64. The molecule has 0 spiro atoms. The van der Waals surface area contributed by atoms with E-state index in [4.69, 9.17) is 19.2 Å². The minimum atomic E-state index is -1.56. The average Bonchev–Trinajstić information content (AvgIpc) is 2.97. The fourth-order valence-electron chi connectivity index (χ4n) is 8.36. The number of methoxy groups -OCH3 is 1. The standard InChI is InChI=1S/C33H48O9/c1-7-8-9-10-11-21-12-19-13-23(35)27-18(2)26(19)29(40-21)28-24(39-6)14-20(17-34)22-15-31(3,4)33(22,38)25(36)16-32(28,5)42-41-30(27)37/h13-14,21-22,24-25,28-29,34-36,38H,7-12,15-17H2,1-6H3. The van der Waals surface area contributed by atoms with E-state index in [1.54, 1.807) is 27.0 Å². The SMILES string of the molecule is CCCCCCC1Cc2cc(O)c3c(C)c2C(O1)C1C(OC)C=C(CO)C2CC(C)(C)C2(O)C(O)CC1(C)OOC3=O. The predicted octanol–water partition coefficient (Wildman–Crippen LogP) is 4.61. The van der Waals surface area contributed by atoms with Crippen molar-refractivity contribution in [3.05, 3.63) is 40.0 Å². The smallest absolute Gasteiger partial charge is 0.377 e. The lowest BCUT2D eigenvalue weighted by Gasteiger charge is -2.61. The van der Waals surface area contributed by atoms with E-state index in [1.165, 1.54) is 0 Å². The number of aromatic hydroxyl groups is 1. The Labute approximate surface area is 248 Å². The maximum atomic E-state index is 13.3. The molecule has 8 unspecified atom stereocenters. The minimum Gasteiger partial charge on any atom is -0.507 e. The number of ether oxygens (including phenoxy) is 2. The molecule has 4 aliphatic rings. The van der Waals surface area contributed by atoms with Gasteiger partial charge < -0.3 is 29.9 Å². The Hall–Kier alpha value is -2.01. The van der Waals surface area contributed by atoms with Crippen molar-refractivity contribution in [2.45, 2.75) is 122 Å². The van der Waals surface area contributed by atoms with Crippen LogP contribution in [0.4, 0.5) is 0 Å². The molecule has 2 heterocycles. The number of phenols is 1. The second-order valence-electron chi connectivity index (χ2n) is 13.8. The first-order valence-electron chi connectivity index (χ1n) is 15.5. The Bertz CT molecular complexity index is 1220. The number of carbonyl (C=O) groups excluding carboxylic acids is 1. The van der Waals surface area contributed by atoms with Crippen LogP contribution in [-0.2, 0) is 25.7 Å². The largest absolute Gasteiger partial charge is 0.507 e. The van der Waals surface area contributed by atoms with Crippen molar-refractivity contribution in [3.8, 4) is 5.75 Å². The van der Waals surface area contributed by atoms with Crippen LogP contribution in [0, 0.1) is 24.2 Å². The monoisotopic (exact) mass is 588 g/mol. The number of phenolic OH excluding ortho intramolecular Hbond substituents is 1. The number of aliphatic hydroxyl groups is 3. The Balaban J connectivity index is 1.69. The lowest BCUT2D eigenvalue weighted by molar-refractivity contribution is -0.353. The van der Waals surface area contributed by atoms with E-state index in [-0.39, 0.29) is 30.4 Å². The molecule has 9 nitrogen and oxygen atoms in total. The van der Waals surface area contributed by atoms with Crippen molar-refractivity contribution in [3.63, 3.8) is 0 Å². The summed E-state index contributed by atoms with van der Waals surface area (Å²) in [5, 5.41) is 45.3. The number of hydrogen-bond donors (Lipinski definition) is 4. The maximum absolute atomic E-state index is 13.3. The second kappa shape index (κ2) is 11.5. The van der Waals surface area contributed by atoms with Gasteiger partial charge in [0.15, 0.2) is 0 Å². The molecule has 1 saturated carbocycles. The quantitative estimate of drug-likeness (QED) is 0.205. The molecule has 8 atom stereocenters. The van der Waals surface area contributed by atoms with Gasteiger partial charge in [-0.2, -0.15) is 4.89 Å². The highest BCUT2D eigenvalue weighted by Crippen LogP contribution is 2.61. The van der Waals surface area contributed by atoms with E-state index in [2.05, 4.69) is 6.92 Å². The van der Waals surface area contributed by atoms with Crippen molar-refractivity contribution in [1.29, 1.82) is 0 Å². The van der Waals surface area contributed by atoms with Gasteiger partial charge in [0, 0.05) is 19.4 Å². The summed E-state index contributed by atoms with van der Waals surface area (Å²) in [6.07, 6.45) is 5.29. The summed E-state index contributed by atoms with van der Waals surface area (Å²) >= 11 is 0. The average molecular weight is 589 g/mol. The summed E-state index contributed by atoms with van der Waals surface area (Å²) in [7, 11) is 1.57. The Morgan fingerprint density at radius 1 is 1.14 bits per heavy atom. The number of rotatable bonds is 7. The third-order valence-electron chi connectivity index (χ3n) is 10.8. The molecule has 9 heteroatoms. The molecule has 4 N–H and O–H groups in total. The molecule has 42 heavy (non-hydrogen) atoms. The summed E-state index contributed by atoms with van der Waals surface area (Å²) in [5.74, 6) is -2.17. The Kier molecular flexibility index (Phi) is 8.59. The van der Waals surface area contributed by atoms with Gasteiger partial charge in [-0.1, -0.05) is 52.5 Å². The molecular weight excluding hydrogens is 540 g/mol. The van der Waals surface area contributed by atoms with Crippen LogP contribution in [0.25, 0.3) is 0 Å². The molecule has 0 aromatic heterocycles. The molecule has 1 aromatic rings. The predicted molar refractivity (Wildman–Crippen MR) is 155 cm³/mol. The molecule has 0 saturated heterocycles. The van der Waals surface area contributed by atoms with E-state index in [1.807, 2.05) is 19.9 Å². The van der Waals surface area contributed by atoms with Gasteiger partial charge in [-0.05, 0) is 66.9 Å². The minimum absolute atomic E-state index is 0.0127. The summed E-state index contributed by atoms with van der Waals surface area (Å²) < 4.78 is 13.1. The van der Waals surface area contributed by atoms with E-state index in [0.717, 1.165) is 43.2 Å². The molecule has 2 aliphatic heterocycles. The molecule has 0 amide bonds. The first-order chi connectivity index (χ1) is 19.8. The molecule has 0 radical (unpaired) electrons. The number of hydrogen-bond acceptors (Lipinski definition) is 9.